The molecule has 8 heteroatoms. The molecule has 0 aliphatic carbocycles. The summed E-state index contributed by atoms with van der Waals surface area (Å²) >= 11 is 0. The third-order valence-corrected chi connectivity index (χ3v) is 8.26. The highest BCUT2D eigenvalue weighted by Gasteiger charge is 2.25. The molecule has 0 saturated carbocycles. The molecule has 0 rings (SSSR count). The van der Waals surface area contributed by atoms with Gasteiger partial charge in [-0.2, -0.15) is 0 Å². The van der Waals surface area contributed by atoms with Crippen LogP contribution in [0.2, 0.25) is 0 Å². The van der Waals surface area contributed by atoms with Gasteiger partial charge in [-0.15, -0.1) is 0 Å². The van der Waals surface area contributed by atoms with E-state index in [1.807, 2.05) is 12.2 Å². The van der Waals surface area contributed by atoms with Crippen molar-refractivity contribution in [2.24, 2.45) is 0 Å². The fourth-order valence-corrected chi connectivity index (χ4v) is 5.16. The highest BCUT2D eigenvalue weighted by atomic mass is 16.6. The molecule has 0 bridgehead atoms. The molecular weight excluding hydrogens is 666 g/mol. The van der Waals surface area contributed by atoms with Gasteiger partial charge in [0.1, 0.15) is 12.6 Å². The zero-order valence-electron chi connectivity index (χ0n) is 33.9. The van der Waals surface area contributed by atoms with E-state index in [9.17, 15) is 19.5 Å². The number of esters is 2. The Kier molecular flexibility index (Phi) is 33.2. The van der Waals surface area contributed by atoms with Crippen molar-refractivity contribution in [1.29, 1.82) is 0 Å². The van der Waals surface area contributed by atoms with Crippen LogP contribution in [0.3, 0.4) is 0 Å². The Morgan fingerprint density at radius 3 is 1.64 bits per heavy atom. The van der Waals surface area contributed by atoms with E-state index in [0.29, 0.717) is 12.8 Å². The smallest absolute Gasteiger partial charge is 0.306 e. The maximum absolute atomic E-state index is 12.6. The first-order valence-electron chi connectivity index (χ1n) is 20.1. The molecule has 2 atom stereocenters. The summed E-state index contributed by atoms with van der Waals surface area (Å²) in [4.78, 5) is 36.6. The van der Waals surface area contributed by atoms with Crippen LogP contribution in [0.25, 0.3) is 0 Å². The lowest BCUT2D eigenvalue weighted by Gasteiger charge is -2.34. The average molecular weight is 740 g/mol. The quantitative estimate of drug-likeness (QED) is 0.0281. The number of aliphatic carboxylic acids is 1. The van der Waals surface area contributed by atoms with E-state index in [-0.39, 0.29) is 43.1 Å². The van der Waals surface area contributed by atoms with Crippen molar-refractivity contribution in [3.63, 3.8) is 0 Å². The first-order valence-corrected chi connectivity index (χ1v) is 20.1. The molecule has 0 saturated heterocycles. The van der Waals surface area contributed by atoms with Gasteiger partial charge in [0.2, 0.25) is 0 Å². The topological polar surface area (TPSA) is 102 Å². The van der Waals surface area contributed by atoms with E-state index in [4.69, 9.17) is 14.2 Å². The number of likely N-dealkylation sites (N-methyl/N-ethyl adjacent to an activating group) is 1. The Bertz CT molecular complexity index is 1140. The molecule has 0 N–H and O–H groups in total. The average Bonchev–Trinajstić information content (AvgIpc) is 3.11. The molecule has 300 valence electrons. The van der Waals surface area contributed by atoms with Crippen molar-refractivity contribution in [3.05, 3.63) is 85.1 Å². The first kappa shape index (κ1) is 49.5. The number of carboxylic acid groups (broad SMARTS) is 1. The molecule has 0 spiro atoms. The number of hydrogen-bond acceptors (Lipinski definition) is 7. The fourth-order valence-electron chi connectivity index (χ4n) is 5.16. The van der Waals surface area contributed by atoms with Crippen LogP contribution in [0, 0.1) is 0 Å². The highest BCUT2D eigenvalue weighted by Crippen LogP contribution is 2.11. The van der Waals surface area contributed by atoms with Crippen LogP contribution in [-0.2, 0) is 28.6 Å². The molecule has 0 amide bonds. The summed E-state index contributed by atoms with van der Waals surface area (Å²) in [6, 6.07) is -0.743. The van der Waals surface area contributed by atoms with E-state index >= 15 is 0 Å². The van der Waals surface area contributed by atoms with Crippen molar-refractivity contribution in [2.45, 2.75) is 142 Å². The second-order valence-corrected chi connectivity index (χ2v) is 14.1. The molecule has 0 aliphatic rings. The minimum Gasteiger partial charge on any atom is -0.544 e. The predicted octanol–water partition coefficient (Wildman–Crippen LogP) is 9.24. The van der Waals surface area contributed by atoms with Crippen LogP contribution in [0.15, 0.2) is 85.1 Å². The Hall–Kier alpha value is -3.49. The molecular formula is C45H73NO7. The lowest BCUT2D eigenvalue weighted by Crippen LogP contribution is -2.55. The van der Waals surface area contributed by atoms with E-state index in [2.05, 4.69) is 86.8 Å². The second-order valence-electron chi connectivity index (χ2n) is 14.1. The van der Waals surface area contributed by atoms with Gasteiger partial charge in [-0.1, -0.05) is 125 Å². The number of allylic oxidation sites excluding steroid dienone is 14. The maximum atomic E-state index is 12.6. The summed E-state index contributed by atoms with van der Waals surface area (Å²) in [5.41, 5.74) is 0. The number of quaternary nitrogens is 1. The molecule has 2 unspecified atom stereocenters. The Labute approximate surface area is 323 Å². The van der Waals surface area contributed by atoms with E-state index in [0.717, 1.165) is 83.5 Å². The number of rotatable bonds is 34. The van der Waals surface area contributed by atoms with Gasteiger partial charge >= 0.3 is 11.9 Å². The van der Waals surface area contributed by atoms with Gasteiger partial charge in [-0.05, 0) is 70.6 Å². The monoisotopic (exact) mass is 740 g/mol. The van der Waals surface area contributed by atoms with Gasteiger partial charge < -0.3 is 28.6 Å². The highest BCUT2D eigenvalue weighted by molar-refractivity contribution is 5.70. The molecule has 0 aromatic heterocycles. The molecule has 0 aromatic carbocycles. The Morgan fingerprint density at radius 1 is 0.585 bits per heavy atom. The van der Waals surface area contributed by atoms with Crippen LogP contribution in [0.4, 0.5) is 0 Å². The number of nitrogens with zero attached hydrogens (tertiary/aromatic N) is 1. The lowest BCUT2D eigenvalue weighted by molar-refractivity contribution is -0.889. The lowest BCUT2D eigenvalue weighted by atomic mass is 10.1. The van der Waals surface area contributed by atoms with E-state index in [1.165, 1.54) is 6.42 Å². The molecule has 0 aliphatic heterocycles. The van der Waals surface area contributed by atoms with Gasteiger partial charge in [-0.3, -0.25) is 9.59 Å². The fraction of sp³-hybridized carbons (Fsp3) is 0.622. The van der Waals surface area contributed by atoms with Gasteiger partial charge in [0.05, 0.1) is 40.3 Å². The van der Waals surface area contributed by atoms with Crippen molar-refractivity contribution in [3.8, 4) is 0 Å². The summed E-state index contributed by atoms with van der Waals surface area (Å²) in [5, 5.41) is 11.6. The van der Waals surface area contributed by atoms with Crippen molar-refractivity contribution >= 4 is 17.9 Å². The van der Waals surface area contributed by atoms with Gasteiger partial charge in [0.25, 0.3) is 0 Å². The Balaban J connectivity index is 4.54. The normalized spacial score (nSPS) is 13.9. The third kappa shape index (κ3) is 34.1. The van der Waals surface area contributed by atoms with E-state index in [1.54, 1.807) is 21.1 Å². The number of carbonyl (C=O) groups is 3. The number of unbranched alkanes of at least 4 members (excludes halogenated alkanes) is 6. The van der Waals surface area contributed by atoms with Crippen LogP contribution >= 0.6 is 0 Å². The number of carboxylic acids is 1. The summed E-state index contributed by atoms with van der Waals surface area (Å²) in [5.74, 6) is -1.87. The summed E-state index contributed by atoms with van der Waals surface area (Å²) in [6.45, 7) is 4.36. The van der Waals surface area contributed by atoms with Gasteiger partial charge in [-0.25, -0.2) is 0 Å². The molecule has 0 fully saturated rings. The summed E-state index contributed by atoms with van der Waals surface area (Å²) in [6.07, 6.45) is 44.9. The first-order chi connectivity index (χ1) is 25.6. The van der Waals surface area contributed by atoms with Gasteiger partial charge in [0.15, 0.2) is 6.10 Å². The van der Waals surface area contributed by atoms with Crippen molar-refractivity contribution < 1.29 is 38.2 Å². The Morgan fingerprint density at radius 2 is 1.09 bits per heavy atom. The third-order valence-electron chi connectivity index (χ3n) is 8.26. The minimum absolute atomic E-state index is 0.00252. The van der Waals surface area contributed by atoms with Gasteiger partial charge in [0, 0.05) is 19.3 Å². The summed E-state index contributed by atoms with van der Waals surface area (Å²) in [7, 11) is 5.36. The van der Waals surface area contributed by atoms with E-state index < -0.39 is 24.1 Å². The van der Waals surface area contributed by atoms with Crippen LogP contribution in [-0.4, -0.2) is 75.5 Å². The molecule has 0 radical (unpaired) electrons. The molecule has 53 heavy (non-hydrogen) atoms. The van der Waals surface area contributed by atoms with Crippen molar-refractivity contribution in [1.82, 2.24) is 0 Å². The standard InChI is InChI=1S/C45H73NO7/c1-6-8-10-12-14-16-18-19-20-21-22-23-24-25-26-28-30-32-34-36-44(48)53-41(39-51-38-37-42(45(49)50)46(3,4)5)40-52-43(47)35-33-31-29-27-17-15-13-11-9-7-2/h8,10-11,13-14,16,19-20,22-23,25-26,30,32,41-42H,6-7,9,12,15,17-18,21,24,27-29,31,33-40H2,1-5H3/b10-8-,13-11-,16-14-,20-19-,23-22-,26-25-,32-30-. The SMILES string of the molecule is CC/C=C\C/C=C\C/C=C\C/C=C\C/C=C\C/C=C\CCC(=O)OC(COCCC(C(=O)[O-])[N+](C)(C)C)COC(=O)CCCCCCC/C=C\CCC. The number of carbonyl (C=O) groups excluding carboxylic acids is 3. The predicted molar refractivity (Wildman–Crippen MR) is 217 cm³/mol. The molecule has 0 heterocycles. The largest absolute Gasteiger partial charge is 0.544 e. The maximum Gasteiger partial charge on any atom is 0.306 e. The summed E-state index contributed by atoms with van der Waals surface area (Å²) < 4.78 is 17.0. The second kappa shape index (κ2) is 35.5. The molecule has 0 aromatic rings. The zero-order chi connectivity index (χ0) is 39.3. The van der Waals surface area contributed by atoms with Crippen LogP contribution in [0.1, 0.15) is 129 Å². The molecule has 8 nitrogen and oxygen atoms in total. The zero-order valence-corrected chi connectivity index (χ0v) is 33.9. The van der Waals surface area contributed by atoms with Crippen LogP contribution in [0.5, 0.6) is 0 Å². The number of ether oxygens (including phenoxy) is 3. The number of hydrogen-bond donors (Lipinski definition) is 0. The van der Waals surface area contributed by atoms with Crippen LogP contribution < -0.4 is 5.11 Å². The minimum atomic E-state index is -1.14. The van der Waals surface area contributed by atoms with Crippen molar-refractivity contribution in [2.75, 3.05) is 41.0 Å².